The molecule has 2 aromatic carbocycles. The lowest BCUT2D eigenvalue weighted by Crippen LogP contribution is -2.28. The molecule has 19 heavy (non-hydrogen) atoms. The smallest absolute Gasteiger partial charge is 0.0463 e. The highest BCUT2D eigenvalue weighted by atomic mass is 15.2. The number of aryl methyl sites for hydroxylation is 3. The maximum absolute atomic E-state index is 5.70. The molecule has 1 atom stereocenters. The van der Waals surface area contributed by atoms with Crippen LogP contribution in [-0.2, 0) is 6.42 Å². The van der Waals surface area contributed by atoms with Crippen molar-refractivity contribution in [3.05, 3.63) is 70.8 Å². The number of rotatable bonds is 5. The fraction of sp³-hybridized carbons (Fsp3) is 0.294. The van der Waals surface area contributed by atoms with Crippen molar-refractivity contribution in [3.8, 4) is 0 Å². The van der Waals surface area contributed by atoms with Crippen LogP contribution >= 0.6 is 0 Å². The molecule has 0 aliphatic carbocycles. The van der Waals surface area contributed by atoms with Crippen LogP contribution in [0.1, 0.15) is 34.7 Å². The summed E-state index contributed by atoms with van der Waals surface area (Å²) in [5, 5.41) is 0. The number of nitrogens with one attached hydrogen (secondary N) is 1. The zero-order valence-electron chi connectivity index (χ0n) is 11.7. The molecule has 2 heteroatoms. The van der Waals surface area contributed by atoms with E-state index in [0.29, 0.717) is 0 Å². The summed E-state index contributed by atoms with van der Waals surface area (Å²) >= 11 is 0. The lowest BCUT2D eigenvalue weighted by molar-refractivity contribution is 0.516. The highest BCUT2D eigenvalue weighted by Gasteiger charge is 2.09. The topological polar surface area (TPSA) is 38.0 Å². The summed E-state index contributed by atoms with van der Waals surface area (Å²) in [7, 11) is 0. The quantitative estimate of drug-likeness (QED) is 0.633. The summed E-state index contributed by atoms with van der Waals surface area (Å²) in [6, 6.07) is 17.4. The molecule has 0 heterocycles. The predicted octanol–water partition coefficient (Wildman–Crippen LogP) is 3.44. The molecule has 0 aliphatic heterocycles. The maximum atomic E-state index is 5.70. The molecule has 0 bridgehead atoms. The van der Waals surface area contributed by atoms with Crippen LogP contribution in [0.4, 0.5) is 0 Å². The Bertz CT molecular complexity index is 534. The van der Waals surface area contributed by atoms with Gasteiger partial charge < -0.3 is 0 Å². The zero-order valence-corrected chi connectivity index (χ0v) is 11.7. The minimum absolute atomic E-state index is 0.209. The molecule has 0 fully saturated rings. The van der Waals surface area contributed by atoms with Crippen molar-refractivity contribution < 1.29 is 0 Å². The van der Waals surface area contributed by atoms with Gasteiger partial charge in [0.15, 0.2) is 0 Å². The van der Waals surface area contributed by atoms with E-state index in [0.717, 1.165) is 12.8 Å². The van der Waals surface area contributed by atoms with Crippen molar-refractivity contribution in [2.75, 3.05) is 0 Å². The highest BCUT2D eigenvalue weighted by molar-refractivity contribution is 5.26. The molecule has 0 saturated carbocycles. The molecule has 2 nitrogen and oxygen atoms in total. The first kappa shape index (κ1) is 13.8. The normalized spacial score (nSPS) is 12.4. The lowest BCUT2D eigenvalue weighted by atomic mass is 9.98. The summed E-state index contributed by atoms with van der Waals surface area (Å²) in [6.45, 7) is 4.24. The molecule has 0 amide bonds. The number of hydrogen-bond acceptors (Lipinski definition) is 2. The van der Waals surface area contributed by atoms with Crippen LogP contribution in [0, 0.1) is 13.8 Å². The molecule has 0 aromatic heterocycles. The first-order chi connectivity index (χ1) is 9.19. The van der Waals surface area contributed by atoms with Gasteiger partial charge >= 0.3 is 0 Å². The fourth-order valence-corrected chi connectivity index (χ4v) is 2.41. The minimum Gasteiger partial charge on any atom is -0.271 e. The molecule has 0 aliphatic rings. The van der Waals surface area contributed by atoms with E-state index in [1.165, 1.54) is 22.3 Å². The monoisotopic (exact) mass is 254 g/mol. The Kier molecular flexibility index (Phi) is 4.72. The van der Waals surface area contributed by atoms with Crippen molar-refractivity contribution in [3.63, 3.8) is 0 Å². The molecular formula is C17H22N2. The van der Waals surface area contributed by atoms with Gasteiger partial charge in [-0.25, -0.2) is 0 Å². The van der Waals surface area contributed by atoms with Crippen molar-refractivity contribution in [1.82, 2.24) is 5.43 Å². The third-order valence-electron chi connectivity index (χ3n) is 3.45. The summed E-state index contributed by atoms with van der Waals surface area (Å²) in [6.07, 6.45) is 2.04. The summed E-state index contributed by atoms with van der Waals surface area (Å²) < 4.78 is 0. The second kappa shape index (κ2) is 6.50. The van der Waals surface area contributed by atoms with Gasteiger partial charge in [0.05, 0.1) is 0 Å². The van der Waals surface area contributed by atoms with Gasteiger partial charge in [0.2, 0.25) is 0 Å². The van der Waals surface area contributed by atoms with E-state index in [9.17, 15) is 0 Å². The van der Waals surface area contributed by atoms with Gasteiger partial charge in [-0.05, 0) is 37.8 Å². The van der Waals surface area contributed by atoms with Crippen LogP contribution in [-0.4, -0.2) is 0 Å². The summed E-state index contributed by atoms with van der Waals surface area (Å²) in [5.74, 6) is 5.70. The van der Waals surface area contributed by atoms with Crippen molar-refractivity contribution in [2.24, 2.45) is 5.84 Å². The third kappa shape index (κ3) is 3.91. The van der Waals surface area contributed by atoms with E-state index >= 15 is 0 Å². The van der Waals surface area contributed by atoms with Gasteiger partial charge in [-0.15, -0.1) is 0 Å². The van der Waals surface area contributed by atoms with Gasteiger partial charge in [-0.3, -0.25) is 11.3 Å². The number of hydrazine groups is 1. The molecule has 0 radical (unpaired) electrons. The third-order valence-corrected chi connectivity index (χ3v) is 3.45. The van der Waals surface area contributed by atoms with E-state index in [2.05, 4.69) is 67.8 Å². The minimum atomic E-state index is 0.209. The molecular weight excluding hydrogens is 232 g/mol. The molecule has 100 valence electrons. The average molecular weight is 254 g/mol. The average Bonchev–Trinajstić information content (AvgIpc) is 2.40. The van der Waals surface area contributed by atoms with Crippen molar-refractivity contribution in [1.29, 1.82) is 0 Å². The van der Waals surface area contributed by atoms with Gasteiger partial charge in [0.1, 0.15) is 0 Å². The Balaban J connectivity index is 2.04. The van der Waals surface area contributed by atoms with Crippen LogP contribution in [0.2, 0.25) is 0 Å². The van der Waals surface area contributed by atoms with Gasteiger partial charge in [0, 0.05) is 6.04 Å². The second-order valence-electron chi connectivity index (χ2n) is 5.16. The molecule has 2 aromatic rings. The highest BCUT2D eigenvalue weighted by Crippen LogP contribution is 2.19. The zero-order chi connectivity index (χ0) is 13.7. The second-order valence-corrected chi connectivity index (χ2v) is 5.16. The Morgan fingerprint density at radius 3 is 2.32 bits per heavy atom. The van der Waals surface area contributed by atoms with Crippen LogP contribution in [0.3, 0.4) is 0 Å². The summed E-state index contributed by atoms with van der Waals surface area (Å²) in [5.41, 5.74) is 8.14. The molecule has 1 unspecified atom stereocenters. The van der Waals surface area contributed by atoms with Gasteiger partial charge in [-0.1, -0.05) is 59.7 Å². The van der Waals surface area contributed by atoms with E-state index in [4.69, 9.17) is 5.84 Å². The molecule has 3 N–H and O–H groups in total. The largest absolute Gasteiger partial charge is 0.271 e. The van der Waals surface area contributed by atoms with E-state index in [-0.39, 0.29) is 6.04 Å². The maximum Gasteiger partial charge on any atom is 0.0463 e. The lowest BCUT2D eigenvalue weighted by Gasteiger charge is -2.17. The van der Waals surface area contributed by atoms with Crippen LogP contribution in [0.5, 0.6) is 0 Å². The predicted molar refractivity (Wildman–Crippen MR) is 80.7 cm³/mol. The van der Waals surface area contributed by atoms with Gasteiger partial charge in [0.25, 0.3) is 0 Å². The van der Waals surface area contributed by atoms with Gasteiger partial charge in [-0.2, -0.15) is 0 Å². The van der Waals surface area contributed by atoms with E-state index in [1.807, 2.05) is 0 Å². The van der Waals surface area contributed by atoms with E-state index in [1.54, 1.807) is 0 Å². The molecule has 0 saturated heterocycles. The SMILES string of the molecule is Cc1cccc(CCC(NN)c2cccc(C)c2)c1. The Morgan fingerprint density at radius 2 is 1.68 bits per heavy atom. The van der Waals surface area contributed by atoms with Crippen LogP contribution in [0.25, 0.3) is 0 Å². The summed E-state index contributed by atoms with van der Waals surface area (Å²) in [4.78, 5) is 0. The number of hydrogen-bond donors (Lipinski definition) is 2. The molecule has 0 spiro atoms. The Morgan fingerprint density at radius 1 is 1.00 bits per heavy atom. The molecule has 2 rings (SSSR count). The van der Waals surface area contributed by atoms with Crippen LogP contribution < -0.4 is 11.3 Å². The number of benzene rings is 2. The first-order valence-corrected chi connectivity index (χ1v) is 6.77. The Labute approximate surface area is 115 Å². The fourth-order valence-electron chi connectivity index (χ4n) is 2.41. The Hall–Kier alpha value is -1.64. The van der Waals surface area contributed by atoms with E-state index < -0.39 is 0 Å². The standard InChI is InChI=1S/C17H22N2/c1-13-5-3-7-15(11-13)9-10-17(19-18)16-8-4-6-14(2)12-16/h3-8,11-12,17,19H,9-10,18H2,1-2H3. The van der Waals surface area contributed by atoms with Crippen LogP contribution in [0.15, 0.2) is 48.5 Å². The van der Waals surface area contributed by atoms with Crippen molar-refractivity contribution in [2.45, 2.75) is 32.7 Å². The first-order valence-electron chi connectivity index (χ1n) is 6.77. The number of nitrogens with two attached hydrogens (primary N) is 1. The van der Waals surface area contributed by atoms with Crippen molar-refractivity contribution >= 4 is 0 Å².